The Bertz CT molecular complexity index is 1360. The number of benzene rings is 2. The molecule has 4 N–H and O–H groups in total. The number of amides is 2. The standard InChI is InChI=1S/C25H28F2N3O8P/c1-30(23(32)10-9-16-7-4-8-21(26)24(16)27)19(12-20(31)15-38-39(34,35)36)14-37-25(33)29-22-11-17-5-2-3-6-18(17)13-28-22/h2-8,11,13,19-20,31H,9-10,12,14-15H2,1H3,(H,28,29,33)(H2,34,35,36)/t19-,20+/m0/s1. The highest BCUT2D eigenvalue weighted by molar-refractivity contribution is 7.46. The van der Waals surface area contributed by atoms with Crippen molar-refractivity contribution in [1.82, 2.24) is 9.88 Å². The fraction of sp³-hybridized carbons (Fsp3) is 0.320. The number of anilines is 1. The summed E-state index contributed by atoms with van der Waals surface area (Å²) in [5, 5.41) is 14.4. The van der Waals surface area contributed by atoms with Crippen molar-refractivity contribution in [2.24, 2.45) is 0 Å². The number of hydrogen-bond donors (Lipinski definition) is 4. The third-order valence-electron chi connectivity index (χ3n) is 5.83. The first-order chi connectivity index (χ1) is 18.4. The molecule has 1 aromatic heterocycles. The summed E-state index contributed by atoms with van der Waals surface area (Å²) >= 11 is 0. The van der Waals surface area contributed by atoms with Crippen LogP contribution in [0.3, 0.4) is 0 Å². The average molecular weight is 567 g/mol. The molecule has 3 aromatic rings. The van der Waals surface area contributed by atoms with Crippen LogP contribution in [0.1, 0.15) is 18.4 Å². The molecule has 210 valence electrons. The van der Waals surface area contributed by atoms with E-state index in [1.807, 2.05) is 24.3 Å². The molecule has 0 fully saturated rings. The summed E-state index contributed by atoms with van der Waals surface area (Å²) in [5.41, 5.74) is 0.00175. The zero-order valence-electron chi connectivity index (χ0n) is 20.9. The number of aliphatic hydroxyl groups excluding tert-OH is 1. The number of phosphoric acid groups is 1. The van der Waals surface area contributed by atoms with Gasteiger partial charge in [-0.2, -0.15) is 0 Å². The minimum absolute atomic E-state index is 0.00175. The van der Waals surface area contributed by atoms with Crippen molar-refractivity contribution in [1.29, 1.82) is 0 Å². The van der Waals surface area contributed by atoms with E-state index in [4.69, 9.17) is 14.5 Å². The predicted molar refractivity (Wildman–Crippen MR) is 137 cm³/mol. The van der Waals surface area contributed by atoms with Crippen LogP contribution < -0.4 is 5.32 Å². The number of nitrogens with zero attached hydrogens (tertiary/aromatic N) is 2. The second-order valence-corrected chi connectivity index (χ2v) is 9.93. The maximum absolute atomic E-state index is 14.0. The van der Waals surface area contributed by atoms with Crippen LogP contribution >= 0.6 is 7.82 Å². The monoisotopic (exact) mass is 567 g/mol. The molecule has 0 saturated heterocycles. The Morgan fingerprint density at radius 1 is 1.10 bits per heavy atom. The molecule has 3 rings (SSSR count). The molecule has 11 nitrogen and oxygen atoms in total. The van der Waals surface area contributed by atoms with Crippen LogP contribution in [0, 0.1) is 11.6 Å². The molecule has 14 heteroatoms. The highest BCUT2D eigenvalue weighted by Gasteiger charge is 2.26. The van der Waals surface area contributed by atoms with Gasteiger partial charge in [-0.05, 0) is 35.9 Å². The molecule has 0 unspecified atom stereocenters. The fourth-order valence-electron chi connectivity index (χ4n) is 3.73. The number of hydrogen-bond acceptors (Lipinski definition) is 7. The number of halogens is 2. The molecule has 1 heterocycles. The number of nitrogens with one attached hydrogen (secondary N) is 1. The molecule has 0 aliphatic rings. The first-order valence-electron chi connectivity index (χ1n) is 11.8. The number of pyridine rings is 1. The summed E-state index contributed by atoms with van der Waals surface area (Å²) in [7, 11) is -3.50. The summed E-state index contributed by atoms with van der Waals surface area (Å²) in [6, 6.07) is 11.7. The van der Waals surface area contributed by atoms with Gasteiger partial charge in [0.05, 0.1) is 18.8 Å². The highest BCUT2D eigenvalue weighted by atomic mass is 31.2. The number of phosphoric ester groups is 1. The van der Waals surface area contributed by atoms with Gasteiger partial charge in [0.15, 0.2) is 11.6 Å². The first kappa shape index (κ1) is 30.1. The number of aliphatic hydroxyl groups is 1. The zero-order valence-corrected chi connectivity index (χ0v) is 21.8. The van der Waals surface area contributed by atoms with Gasteiger partial charge in [0.1, 0.15) is 12.4 Å². The van der Waals surface area contributed by atoms with Gasteiger partial charge in [-0.3, -0.25) is 14.6 Å². The smallest absolute Gasteiger partial charge is 0.447 e. The minimum Gasteiger partial charge on any atom is -0.447 e. The van der Waals surface area contributed by atoms with Crippen molar-refractivity contribution in [2.45, 2.75) is 31.4 Å². The maximum atomic E-state index is 14.0. The van der Waals surface area contributed by atoms with Gasteiger partial charge >= 0.3 is 13.9 Å². The first-order valence-corrected chi connectivity index (χ1v) is 13.3. The van der Waals surface area contributed by atoms with Crippen molar-refractivity contribution in [3.8, 4) is 0 Å². The van der Waals surface area contributed by atoms with Crippen LogP contribution in [0.25, 0.3) is 10.8 Å². The largest absolute Gasteiger partial charge is 0.469 e. The molecule has 2 aromatic carbocycles. The van der Waals surface area contributed by atoms with Crippen molar-refractivity contribution >= 4 is 36.4 Å². The van der Waals surface area contributed by atoms with Gasteiger partial charge in [0.25, 0.3) is 0 Å². The van der Waals surface area contributed by atoms with E-state index in [9.17, 15) is 28.0 Å². The van der Waals surface area contributed by atoms with Crippen molar-refractivity contribution in [3.63, 3.8) is 0 Å². The van der Waals surface area contributed by atoms with E-state index in [0.29, 0.717) is 0 Å². The Morgan fingerprint density at radius 3 is 2.54 bits per heavy atom. The van der Waals surface area contributed by atoms with Crippen molar-refractivity contribution < 1.29 is 47.1 Å². The summed E-state index contributed by atoms with van der Waals surface area (Å²) < 4.78 is 47.9. The van der Waals surface area contributed by atoms with Gasteiger partial charge < -0.3 is 24.5 Å². The normalized spacial score (nSPS) is 13.1. The number of ether oxygens (including phenoxy) is 1. The summed E-state index contributed by atoms with van der Waals surface area (Å²) in [4.78, 5) is 48.3. The van der Waals surface area contributed by atoms with Crippen LogP contribution in [-0.2, 0) is 25.0 Å². The minimum atomic E-state index is -4.86. The van der Waals surface area contributed by atoms with Gasteiger partial charge in [-0.25, -0.2) is 23.1 Å². The van der Waals surface area contributed by atoms with Crippen molar-refractivity contribution in [2.75, 3.05) is 25.6 Å². The maximum Gasteiger partial charge on any atom is 0.469 e. The van der Waals surface area contributed by atoms with Gasteiger partial charge in [-0.1, -0.05) is 36.4 Å². The summed E-state index contributed by atoms with van der Waals surface area (Å²) in [6.45, 7) is -1.16. The number of likely N-dealkylation sites (N-methyl/N-ethyl adjacent to an activating group) is 1. The molecular formula is C25H28F2N3O8P. The molecule has 0 spiro atoms. The number of carbonyl (C=O) groups is 2. The van der Waals surface area contributed by atoms with Gasteiger partial charge in [-0.15, -0.1) is 0 Å². The lowest BCUT2D eigenvalue weighted by molar-refractivity contribution is -0.133. The Balaban J connectivity index is 1.64. The van der Waals surface area contributed by atoms with E-state index in [-0.39, 0.29) is 30.6 Å². The Labute approximate surface area is 222 Å². The van der Waals surface area contributed by atoms with E-state index in [2.05, 4.69) is 14.8 Å². The van der Waals surface area contributed by atoms with Crippen LogP contribution in [0.2, 0.25) is 0 Å². The average Bonchev–Trinajstić information content (AvgIpc) is 2.89. The molecule has 0 aliphatic carbocycles. The second-order valence-electron chi connectivity index (χ2n) is 8.69. The SMILES string of the molecule is CN(C(=O)CCc1cccc(F)c1F)[C@H](COC(=O)Nc1cc2ccccc2cn1)C[C@@H](O)COP(=O)(O)O. The highest BCUT2D eigenvalue weighted by Crippen LogP contribution is 2.36. The topological polar surface area (TPSA) is 159 Å². The molecule has 0 bridgehead atoms. The van der Waals surface area contributed by atoms with Crippen LogP contribution in [0.5, 0.6) is 0 Å². The van der Waals surface area contributed by atoms with Crippen LogP contribution in [0.15, 0.2) is 54.7 Å². The van der Waals surface area contributed by atoms with Gasteiger partial charge in [0.2, 0.25) is 5.91 Å². The lowest BCUT2D eigenvalue weighted by atomic mass is 10.1. The number of fused-ring (bicyclic) bond motifs is 1. The Hall–Kier alpha value is -3.48. The van der Waals surface area contributed by atoms with E-state index in [1.165, 1.54) is 19.2 Å². The third kappa shape index (κ3) is 9.34. The van der Waals surface area contributed by atoms with E-state index in [0.717, 1.165) is 21.7 Å². The number of aromatic nitrogens is 1. The molecule has 2 atom stereocenters. The molecule has 0 aliphatic heterocycles. The predicted octanol–water partition coefficient (Wildman–Crippen LogP) is 3.38. The third-order valence-corrected chi connectivity index (χ3v) is 6.31. The van der Waals surface area contributed by atoms with Crippen molar-refractivity contribution in [3.05, 3.63) is 71.9 Å². The van der Waals surface area contributed by atoms with E-state index >= 15 is 0 Å². The number of rotatable bonds is 12. The Morgan fingerprint density at radius 2 is 1.82 bits per heavy atom. The summed E-state index contributed by atoms with van der Waals surface area (Å²) in [5.74, 6) is -2.42. The lowest BCUT2D eigenvalue weighted by Gasteiger charge is -2.29. The molecule has 0 radical (unpaired) electrons. The fourth-order valence-corrected chi connectivity index (χ4v) is 4.10. The number of aryl methyl sites for hydroxylation is 1. The second kappa shape index (κ2) is 13.5. The molecule has 39 heavy (non-hydrogen) atoms. The van der Waals surface area contributed by atoms with Crippen LogP contribution in [-0.4, -0.2) is 69.2 Å². The van der Waals surface area contributed by atoms with E-state index in [1.54, 1.807) is 12.3 Å². The molecule has 2 amide bonds. The van der Waals surface area contributed by atoms with Crippen LogP contribution in [0.4, 0.5) is 19.4 Å². The zero-order chi connectivity index (χ0) is 28.6. The number of carbonyl (C=O) groups excluding carboxylic acids is 2. The van der Waals surface area contributed by atoms with Gasteiger partial charge in [0, 0.05) is 25.1 Å². The molecule has 0 saturated carbocycles. The lowest BCUT2D eigenvalue weighted by Crippen LogP contribution is -2.43. The van der Waals surface area contributed by atoms with E-state index < -0.39 is 56.8 Å². The Kier molecular flexibility index (Phi) is 10.4. The summed E-state index contributed by atoms with van der Waals surface area (Å²) in [6.07, 6.45) is -1.38. The molecular weight excluding hydrogens is 539 g/mol. The quantitative estimate of drug-likeness (QED) is 0.241.